The van der Waals surface area contributed by atoms with Crippen molar-refractivity contribution in [3.05, 3.63) is 24.2 Å². The fourth-order valence-corrected chi connectivity index (χ4v) is 2.38. The van der Waals surface area contributed by atoms with Gasteiger partial charge in [0.05, 0.1) is 18.7 Å². The van der Waals surface area contributed by atoms with E-state index < -0.39 is 5.97 Å². The Balaban J connectivity index is 1.84. The maximum atomic E-state index is 12.0. The van der Waals surface area contributed by atoms with Crippen LogP contribution in [0.2, 0.25) is 0 Å². The summed E-state index contributed by atoms with van der Waals surface area (Å²) in [5.41, 5.74) is 0. The lowest BCUT2D eigenvalue weighted by Crippen LogP contribution is -2.49. The van der Waals surface area contributed by atoms with E-state index >= 15 is 0 Å². The second-order valence-corrected chi connectivity index (χ2v) is 4.84. The molecule has 2 rings (SSSR count). The monoisotopic (exact) mass is 266 g/mol. The molecule has 0 aromatic carbocycles. The van der Waals surface area contributed by atoms with Gasteiger partial charge in [-0.15, -0.1) is 0 Å². The lowest BCUT2D eigenvalue weighted by atomic mass is 9.92. The summed E-state index contributed by atoms with van der Waals surface area (Å²) in [6, 6.07) is 3.32. The Morgan fingerprint density at radius 1 is 1.58 bits per heavy atom. The molecule has 6 heteroatoms. The van der Waals surface area contributed by atoms with Crippen molar-refractivity contribution in [2.45, 2.75) is 32.4 Å². The van der Waals surface area contributed by atoms with Crippen molar-refractivity contribution in [3.63, 3.8) is 0 Å². The van der Waals surface area contributed by atoms with E-state index in [0.717, 1.165) is 0 Å². The van der Waals surface area contributed by atoms with Crippen LogP contribution < -0.4 is 5.32 Å². The number of likely N-dealkylation sites (tertiary alicyclic amines) is 1. The summed E-state index contributed by atoms with van der Waals surface area (Å²) >= 11 is 0. The third-order valence-corrected chi connectivity index (χ3v) is 3.48. The summed E-state index contributed by atoms with van der Waals surface area (Å²) in [5.74, 6) is -0.423. The molecule has 0 aliphatic carbocycles. The standard InChI is InChI=1S/C13H18N2O4/c1-9-7-10(12(16)17)4-5-15(9)13(18)14-8-11-3-2-6-19-11/h2-3,6,9-10H,4-5,7-8H2,1H3,(H,14,18)(H,16,17). The number of nitrogens with zero attached hydrogens (tertiary/aromatic N) is 1. The molecule has 104 valence electrons. The van der Waals surface area contributed by atoms with Gasteiger partial charge in [-0.05, 0) is 31.9 Å². The Kier molecular flexibility index (Phi) is 4.09. The molecular formula is C13H18N2O4. The van der Waals surface area contributed by atoms with Gasteiger partial charge in [-0.1, -0.05) is 0 Å². The zero-order valence-electron chi connectivity index (χ0n) is 10.8. The highest BCUT2D eigenvalue weighted by Gasteiger charge is 2.32. The number of furan rings is 1. The highest BCUT2D eigenvalue weighted by Crippen LogP contribution is 2.22. The molecule has 2 amide bonds. The molecule has 0 saturated carbocycles. The van der Waals surface area contributed by atoms with Crippen molar-refractivity contribution >= 4 is 12.0 Å². The van der Waals surface area contributed by atoms with Crippen molar-refractivity contribution in [2.75, 3.05) is 6.54 Å². The average molecular weight is 266 g/mol. The smallest absolute Gasteiger partial charge is 0.318 e. The minimum atomic E-state index is -0.775. The van der Waals surface area contributed by atoms with Crippen LogP contribution in [-0.4, -0.2) is 34.6 Å². The molecule has 2 N–H and O–H groups in total. The first-order valence-electron chi connectivity index (χ1n) is 6.37. The van der Waals surface area contributed by atoms with E-state index in [0.29, 0.717) is 31.7 Å². The van der Waals surface area contributed by atoms with E-state index in [-0.39, 0.29) is 18.0 Å². The van der Waals surface area contributed by atoms with E-state index in [2.05, 4.69) is 5.32 Å². The van der Waals surface area contributed by atoms with E-state index in [1.165, 1.54) is 0 Å². The Morgan fingerprint density at radius 2 is 2.37 bits per heavy atom. The minimum absolute atomic E-state index is 0.0635. The molecule has 1 aromatic heterocycles. The number of carbonyl (C=O) groups is 2. The molecule has 2 unspecified atom stereocenters. The molecule has 0 spiro atoms. The van der Waals surface area contributed by atoms with Gasteiger partial charge >= 0.3 is 12.0 Å². The van der Waals surface area contributed by atoms with Crippen LogP contribution in [0.5, 0.6) is 0 Å². The highest BCUT2D eigenvalue weighted by molar-refractivity contribution is 5.75. The third-order valence-electron chi connectivity index (χ3n) is 3.48. The van der Waals surface area contributed by atoms with Gasteiger partial charge in [0.25, 0.3) is 0 Å². The molecule has 0 radical (unpaired) electrons. The fraction of sp³-hybridized carbons (Fsp3) is 0.538. The second-order valence-electron chi connectivity index (χ2n) is 4.84. The van der Waals surface area contributed by atoms with Gasteiger partial charge in [-0.3, -0.25) is 4.79 Å². The second kappa shape index (κ2) is 5.77. The quantitative estimate of drug-likeness (QED) is 0.871. The number of amides is 2. The number of aliphatic carboxylic acids is 1. The molecule has 6 nitrogen and oxygen atoms in total. The molecule has 1 saturated heterocycles. The summed E-state index contributed by atoms with van der Waals surface area (Å²) in [4.78, 5) is 24.6. The summed E-state index contributed by atoms with van der Waals surface area (Å²) in [6.07, 6.45) is 2.57. The van der Waals surface area contributed by atoms with Crippen LogP contribution in [-0.2, 0) is 11.3 Å². The first-order chi connectivity index (χ1) is 9.08. The van der Waals surface area contributed by atoms with Gasteiger partial charge in [0.1, 0.15) is 5.76 Å². The Morgan fingerprint density at radius 3 is 2.95 bits per heavy atom. The predicted molar refractivity (Wildman–Crippen MR) is 67.5 cm³/mol. The minimum Gasteiger partial charge on any atom is -0.481 e. The normalized spacial score (nSPS) is 23.1. The molecule has 2 atom stereocenters. The van der Waals surface area contributed by atoms with Crippen LogP contribution >= 0.6 is 0 Å². The zero-order chi connectivity index (χ0) is 13.8. The van der Waals surface area contributed by atoms with Gasteiger partial charge < -0.3 is 19.7 Å². The Bertz CT molecular complexity index is 444. The van der Waals surface area contributed by atoms with Crippen LogP contribution in [0.1, 0.15) is 25.5 Å². The average Bonchev–Trinajstić information content (AvgIpc) is 2.88. The van der Waals surface area contributed by atoms with E-state index in [4.69, 9.17) is 9.52 Å². The van der Waals surface area contributed by atoms with E-state index in [1.54, 1.807) is 23.3 Å². The molecule has 1 aliphatic rings. The summed E-state index contributed by atoms with van der Waals surface area (Å²) in [6.45, 7) is 2.70. The molecule has 1 aromatic rings. The molecule has 1 fully saturated rings. The predicted octanol–water partition coefficient (Wildman–Crippen LogP) is 1.67. The maximum Gasteiger partial charge on any atom is 0.318 e. The molecule has 0 bridgehead atoms. The fourth-order valence-electron chi connectivity index (χ4n) is 2.38. The molecule has 19 heavy (non-hydrogen) atoms. The van der Waals surface area contributed by atoms with Gasteiger partial charge in [-0.2, -0.15) is 0 Å². The summed E-state index contributed by atoms with van der Waals surface area (Å²) < 4.78 is 5.14. The lowest BCUT2D eigenvalue weighted by Gasteiger charge is -2.36. The van der Waals surface area contributed by atoms with Crippen LogP contribution in [0.3, 0.4) is 0 Å². The van der Waals surface area contributed by atoms with Gasteiger partial charge in [0.15, 0.2) is 0 Å². The van der Waals surface area contributed by atoms with Gasteiger partial charge in [0.2, 0.25) is 0 Å². The van der Waals surface area contributed by atoms with Crippen LogP contribution in [0.25, 0.3) is 0 Å². The summed E-state index contributed by atoms with van der Waals surface area (Å²) in [5, 5.41) is 11.8. The molecule has 2 heterocycles. The first kappa shape index (κ1) is 13.5. The summed E-state index contributed by atoms with van der Waals surface area (Å²) in [7, 11) is 0. The first-order valence-corrected chi connectivity index (χ1v) is 6.37. The zero-order valence-corrected chi connectivity index (χ0v) is 10.8. The topological polar surface area (TPSA) is 82.8 Å². The van der Waals surface area contributed by atoms with Gasteiger partial charge in [-0.25, -0.2) is 4.79 Å². The van der Waals surface area contributed by atoms with Crippen molar-refractivity contribution in [2.24, 2.45) is 5.92 Å². The number of urea groups is 1. The SMILES string of the molecule is CC1CC(C(=O)O)CCN1C(=O)NCc1ccco1. The van der Waals surface area contributed by atoms with E-state index in [9.17, 15) is 9.59 Å². The number of carboxylic acids is 1. The number of nitrogens with one attached hydrogen (secondary N) is 1. The molecule has 1 aliphatic heterocycles. The van der Waals surface area contributed by atoms with Gasteiger partial charge in [0, 0.05) is 12.6 Å². The largest absolute Gasteiger partial charge is 0.481 e. The van der Waals surface area contributed by atoms with Crippen molar-refractivity contribution < 1.29 is 19.1 Å². The van der Waals surface area contributed by atoms with E-state index in [1.807, 2.05) is 6.92 Å². The Labute approximate surface area is 111 Å². The van der Waals surface area contributed by atoms with Crippen molar-refractivity contribution in [1.82, 2.24) is 10.2 Å². The third kappa shape index (κ3) is 3.27. The van der Waals surface area contributed by atoms with Crippen LogP contribution in [0.15, 0.2) is 22.8 Å². The number of piperidine rings is 1. The number of carboxylic acid groups (broad SMARTS) is 1. The maximum absolute atomic E-state index is 12.0. The lowest BCUT2D eigenvalue weighted by molar-refractivity contribution is -0.143. The van der Waals surface area contributed by atoms with Crippen molar-refractivity contribution in [1.29, 1.82) is 0 Å². The molecular weight excluding hydrogens is 248 g/mol. The number of hydrogen-bond donors (Lipinski definition) is 2. The Hall–Kier alpha value is -1.98. The number of hydrogen-bond acceptors (Lipinski definition) is 3. The number of carbonyl (C=O) groups excluding carboxylic acids is 1. The van der Waals surface area contributed by atoms with Crippen molar-refractivity contribution in [3.8, 4) is 0 Å². The number of rotatable bonds is 3. The highest BCUT2D eigenvalue weighted by atomic mass is 16.4. The van der Waals surface area contributed by atoms with Crippen LogP contribution in [0, 0.1) is 5.92 Å². The van der Waals surface area contributed by atoms with Crippen LogP contribution in [0.4, 0.5) is 4.79 Å².